The number of carbonyl (C=O) groups is 1. The Morgan fingerprint density at radius 1 is 1.12 bits per heavy atom. The minimum atomic E-state index is -1.52. The first-order chi connectivity index (χ1) is 11.9. The van der Waals surface area contributed by atoms with Crippen molar-refractivity contribution in [2.24, 2.45) is 0 Å². The largest absolute Gasteiger partial charge is 0.478 e. The van der Waals surface area contributed by atoms with Crippen molar-refractivity contribution in [1.82, 2.24) is 14.4 Å². The molecule has 6 heteroatoms. The second-order valence-electron chi connectivity index (χ2n) is 7.23. The monoisotopic (exact) mass is 349 g/mol. The molecule has 4 rings (SSSR count). The van der Waals surface area contributed by atoms with Gasteiger partial charge in [-0.1, -0.05) is 31.8 Å². The van der Waals surface area contributed by atoms with Crippen molar-refractivity contribution < 1.29 is 9.90 Å². The van der Waals surface area contributed by atoms with Gasteiger partial charge in [0.25, 0.3) is 0 Å². The van der Waals surface area contributed by atoms with Crippen LogP contribution in [0.15, 0.2) is 48.7 Å². The molecule has 5 nitrogen and oxygen atoms in total. The summed E-state index contributed by atoms with van der Waals surface area (Å²) < 4.78 is 2.38. The Hall–Kier alpha value is -2.86. The summed E-state index contributed by atoms with van der Waals surface area (Å²) in [6, 6.07) is 13.4. The van der Waals surface area contributed by atoms with Gasteiger partial charge >= 0.3 is 5.97 Å². The van der Waals surface area contributed by atoms with Crippen LogP contribution in [0.5, 0.6) is 0 Å². The molecular formula is C19H19N3O2Si. The quantitative estimate of drug-likeness (QED) is 0.532. The molecule has 25 heavy (non-hydrogen) atoms. The first-order valence-electron chi connectivity index (χ1n) is 8.18. The lowest BCUT2D eigenvalue weighted by Gasteiger charge is -2.20. The molecule has 0 spiro atoms. The van der Waals surface area contributed by atoms with Gasteiger partial charge in [-0.2, -0.15) is 5.10 Å². The SMILES string of the molecule is C[Si](C)(C)n1ccc2c(-c3n[nH]c4ccc(C(=O)O)cc34)cccc21. The summed E-state index contributed by atoms with van der Waals surface area (Å²) in [5.74, 6) is -0.933. The van der Waals surface area contributed by atoms with Gasteiger partial charge in [-0.25, -0.2) is 4.79 Å². The molecule has 2 heterocycles. The van der Waals surface area contributed by atoms with Gasteiger partial charge in [0.15, 0.2) is 8.24 Å². The van der Waals surface area contributed by atoms with Crippen molar-refractivity contribution in [3.63, 3.8) is 0 Å². The Morgan fingerprint density at radius 2 is 1.92 bits per heavy atom. The lowest BCUT2D eigenvalue weighted by molar-refractivity contribution is 0.0697. The fraction of sp³-hybridized carbons (Fsp3) is 0.158. The number of carboxylic acid groups (broad SMARTS) is 1. The van der Waals surface area contributed by atoms with Gasteiger partial charge in [0.1, 0.15) is 5.69 Å². The summed E-state index contributed by atoms with van der Waals surface area (Å²) in [4.78, 5) is 11.3. The van der Waals surface area contributed by atoms with E-state index in [9.17, 15) is 9.90 Å². The smallest absolute Gasteiger partial charge is 0.335 e. The van der Waals surface area contributed by atoms with Gasteiger partial charge in [-0.05, 0) is 36.5 Å². The molecule has 126 valence electrons. The number of fused-ring (bicyclic) bond motifs is 2. The molecule has 0 saturated carbocycles. The van der Waals surface area contributed by atoms with E-state index in [-0.39, 0.29) is 5.56 Å². The highest BCUT2D eigenvalue weighted by atomic mass is 28.3. The Labute approximate surface area is 146 Å². The summed E-state index contributed by atoms with van der Waals surface area (Å²) in [7, 11) is -1.52. The minimum absolute atomic E-state index is 0.266. The van der Waals surface area contributed by atoms with E-state index in [0.717, 1.165) is 27.5 Å². The number of hydrogen-bond acceptors (Lipinski definition) is 2. The second kappa shape index (κ2) is 5.32. The standard InChI is InChI=1S/C19H19N3O2Si/c1-25(2,3)22-10-9-13-14(5-4-6-17(13)22)18-15-11-12(19(23)24)7-8-16(15)20-21-18/h4-11H,1-3H3,(H,20,21)(H,23,24). The van der Waals surface area contributed by atoms with E-state index in [2.05, 4.69) is 52.4 Å². The Balaban J connectivity index is 1.99. The van der Waals surface area contributed by atoms with E-state index >= 15 is 0 Å². The third kappa shape index (κ3) is 2.46. The molecule has 0 fully saturated rings. The Bertz CT molecular complexity index is 1120. The number of rotatable bonds is 3. The molecule has 0 radical (unpaired) electrons. The van der Waals surface area contributed by atoms with E-state index in [1.54, 1.807) is 18.2 Å². The van der Waals surface area contributed by atoms with Crippen LogP contribution < -0.4 is 0 Å². The summed E-state index contributed by atoms with van der Waals surface area (Å²) >= 11 is 0. The van der Waals surface area contributed by atoms with Crippen LogP contribution in [-0.4, -0.2) is 33.7 Å². The third-order valence-electron chi connectivity index (χ3n) is 4.52. The number of benzene rings is 2. The third-order valence-corrected chi connectivity index (χ3v) is 6.36. The molecule has 0 aliphatic rings. The van der Waals surface area contributed by atoms with Gasteiger partial charge in [0.05, 0.1) is 11.1 Å². The number of H-pyrrole nitrogens is 1. The predicted molar refractivity (Wildman–Crippen MR) is 103 cm³/mol. The molecule has 2 aromatic heterocycles. The molecule has 0 unspecified atom stereocenters. The van der Waals surface area contributed by atoms with Crippen LogP contribution in [0.3, 0.4) is 0 Å². The highest BCUT2D eigenvalue weighted by Crippen LogP contribution is 2.34. The number of carboxylic acids is 1. The summed E-state index contributed by atoms with van der Waals surface area (Å²) in [6.45, 7) is 6.92. The van der Waals surface area contributed by atoms with Gasteiger partial charge in [0, 0.05) is 21.9 Å². The van der Waals surface area contributed by atoms with E-state index in [4.69, 9.17) is 0 Å². The van der Waals surface area contributed by atoms with Gasteiger partial charge < -0.3 is 9.34 Å². The number of aromatic amines is 1. The van der Waals surface area contributed by atoms with Crippen LogP contribution in [0.25, 0.3) is 33.1 Å². The van der Waals surface area contributed by atoms with Gasteiger partial charge in [-0.15, -0.1) is 0 Å². The molecule has 2 N–H and O–H groups in total. The molecule has 0 saturated heterocycles. The van der Waals surface area contributed by atoms with Crippen molar-refractivity contribution >= 4 is 36.0 Å². The average molecular weight is 349 g/mol. The zero-order valence-electron chi connectivity index (χ0n) is 14.4. The Morgan fingerprint density at radius 3 is 2.64 bits per heavy atom. The van der Waals surface area contributed by atoms with Crippen LogP contribution in [0.1, 0.15) is 10.4 Å². The number of aromatic carboxylic acids is 1. The van der Waals surface area contributed by atoms with Crippen LogP contribution >= 0.6 is 0 Å². The maximum atomic E-state index is 11.3. The van der Waals surface area contributed by atoms with E-state index < -0.39 is 14.2 Å². The summed E-state index contributed by atoms with van der Waals surface area (Å²) in [5.41, 5.74) is 4.10. The second-order valence-corrected chi connectivity index (χ2v) is 12.1. The van der Waals surface area contributed by atoms with E-state index in [1.165, 1.54) is 5.52 Å². The molecule has 0 aliphatic carbocycles. The van der Waals surface area contributed by atoms with Crippen molar-refractivity contribution in [1.29, 1.82) is 0 Å². The van der Waals surface area contributed by atoms with Crippen molar-refractivity contribution in [3.05, 3.63) is 54.2 Å². The molecule has 0 bridgehead atoms. The summed E-state index contributed by atoms with van der Waals surface area (Å²) in [5, 5.41) is 18.7. The zero-order valence-corrected chi connectivity index (χ0v) is 15.4. The first kappa shape index (κ1) is 15.7. The maximum Gasteiger partial charge on any atom is 0.335 e. The fourth-order valence-electron chi connectivity index (χ4n) is 3.31. The number of hydrogen-bond donors (Lipinski definition) is 2. The molecule has 0 amide bonds. The number of aromatic nitrogens is 3. The topological polar surface area (TPSA) is 70.9 Å². The molecule has 2 aromatic carbocycles. The van der Waals surface area contributed by atoms with E-state index in [0.29, 0.717) is 0 Å². The van der Waals surface area contributed by atoms with Crippen LogP contribution in [0.2, 0.25) is 19.6 Å². The molecule has 0 aliphatic heterocycles. The zero-order chi connectivity index (χ0) is 17.8. The van der Waals surface area contributed by atoms with Crippen molar-refractivity contribution in [2.45, 2.75) is 19.6 Å². The van der Waals surface area contributed by atoms with Gasteiger partial charge in [-0.3, -0.25) is 5.10 Å². The molecular weight excluding hydrogens is 330 g/mol. The number of nitrogens with zero attached hydrogens (tertiary/aromatic N) is 2. The predicted octanol–water partition coefficient (Wildman–Crippen LogP) is 4.57. The fourth-order valence-corrected chi connectivity index (χ4v) is 4.75. The van der Waals surface area contributed by atoms with E-state index in [1.807, 2.05) is 12.1 Å². The molecule has 4 aromatic rings. The summed E-state index contributed by atoms with van der Waals surface area (Å²) in [6.07, 6.45) is 2.15. The first-order valence-corrected chi connectivity index (χ1v) is 11.6. The van der Waals surface area contributed by atoms with Crippen molar-refractivity contribution in [2.75, 3.05) is 0 Å². The Kier molecular flexibility index (Phi) is 3.33. The highest BCUT2D eigenvalue weighted by molar-refractivity contribution is 6.75. The number of nitrogens with one attached hydrogen (secondary N) is 1. The molecule has 0 atom stereocenters. The van der Waals surface area contributed by atoms with Crippen molar-refractivity contribution in [3.8, 4) is 11.3 Å². The van der Waals surface area contributed by atoms with Crippen LogP contribution in [0, 0.1) is 0 Å². The highest BCUT2D eigenvalue weighted by Gasteiger charge is 2.20. The average Bonchev–Trinajstić information content (AvgIpc) is 3.17. The van der Waals surface area contributed by atoms with Crippen LogP contribution in [0.4, 0.5) is 0 Å². The minimum Gasteiger partial charge on any atom is -0.478 e. The maximum absolute atomic E-state index is 11.3. The van der Waals surface area contributed by atoms with Gasteiger partial charge in [0.2, 0.25) is 0 Å². The normalized spacial score (nSPS) is 12.1. The lowest BCUT2D eigenvalue weighted by Crippen LogP contribution is -2.30. The lowest BCUT2D eigenvalue weighted by atomic mass is 10.0. The van der Waals surface area contributed by atoms with Crippen LogP contribution in [-0.2, 0) is 0 Å².